The molecule has 1 aromatic carbocycles. The van der Waals surface area contributed by atoms with E-state index < -0.39 is 6.04 Å². The summed E-state index contributed by atoms with van der Waals surface area (Å²) in [6, 6.07) is 9.20. The van der Waals surface area contributed by atoms with Crippen molar-refractivity contribution in [3.8, 4) is 11.6 Å². The first-order valence-corrected chi connectivity index (χ1v) is 6.16. The van der Waals surface area contributed by atoms with E-state index in [9.17, 15) is 4.79 Å². The van der Waals surface area contributed by atoms with E-state index in [1.807, 2.05) is 34.9 Å². The van der Waals surface area contributed by atoms with Gasteiger partial charge in [0.15, 0.2) is 0 Å². The molecule has 0 radical (unpaired) electrons. The molecule has 0 aliphatic rings. The molecule has 20 heavy (non-hydrogen) atoms. The first kappa shape index (κ1) is 12.4. The van der Waals surface area contributed by atoms with Crippen LogP contribution in [-0.4, -0.2) is 27.8 Å². The number of ether oxygens (including phenoxy) is 1. The predicted molar refractivity (Wildman–Crippen MR) is 72.0 cm³/mol. The summed E-state index contributed by atoms with van der Waals surface area (Å²) in [4.78, 5) is 11.9. The van der Waals surface area contributed by atoms with Gasteiger partial charge >= 0.3 is 5.97 Å². The number of methoxy groups -OCH3 is 1. The van der Waals surface area contributed by atoms with Crippen LogP contribution in [0.5, 0.6) is 0 Å². The zero-order valence-corrected chi connectivity index (χ0v) is 11.1. The monoisotopic (exact) mass is 271 g/mol. The number of hydrogen-bond donors (Lipinski definition) is 0. The number of carbonyl (C=O) groups is 1. The third-order valence-corrected chi connectivity index (χ3v) is 3.26. The van der Waals surface area contributed by atoms with E-state index in [0.29, 0.717) is 11.6 Å². The van der Waals surface area contributed by atoms with E-state index in [1.54, 1.807) is 6.92 Å². The normalized spacial score (nSPS) is 12.5. The van der Waals surface area contributed by atoms with Crippen molar-refractivity contribution in [3.05, 3.63) is 36.7 Å². The minimum absolute atomic E-state index is 0.327. The second kappa shape index (κ2) is 4.80. The molecule has 0 saturated carbocycles. The standard InChI is InChI=1S/C14H13N3O3/c1-9(14(18)19-2)17-11-6-4-3-5-10(11)7-12(17)13-16-15-8-20-13/h3-9H,1-2H3. The van der Waals surface area contributed by atoms with E-state index in [1.165, 1.54) is 13.5 Å². The van der Waals surface area contributed by atoms with Gasteiger partial charge in [-0.2, -0.15) is 0 Å². The Bertz CT molecular complexity index is 746. The number of fused-ring (bicyclic) bond motifs is 1. The highest BCUT2D eigenvalue weighted by molar-refractivity contribution is 5.88. The van der Waals surface area contributed by atoms with Crippen LogP contribution in [0.25, 0.3) is 22.5 Å². The first-order chi connectivity index (χ1) is 9.72. The van der Waals surface area contributed by atoms with Gasteiger partial charge < -0.3 is 13.7 Å². The Hall–Kier alpha value is -2.63. The molecule has 102 valence electrons. The minimum atomic E-state index is -0.484. The highest BCUT2D eigenvalue weighted by atomic mass is 16.5. The topological polar surface area (TPSA) is 70.2 Å². The number of hydrogen-bond acceptors (Lipinski definition) is 5. The summed E-state index contributed by atoms with van der Waals surface area (Å²) in [7, 11) is 1.37. The molecule has 0 fully saturated rings. The average Bonchev–Trinajstić information content (AvgIpc) is 3.12. The van der Waals surface area contributed by atoms with Gasteiger partial charge in [-0.1, -0.05) is 18.2 Å². The molecular weight excluding hydrogens is 258 g/mol. The smallest absolute Gasteiger partial charge is 0.328 e. The lowest BCUT2D eigenvalue weighted by atomic mass is 10.2. The van der Waals surface area contributed by atoms with Gasteiger partial charge in [0.1, 0.15) is 11.7 Å². The summed E-state index contributed by atoms with van der Waals surface area (Å²) >= 11 is 0. The highest BCUT2D eigenvalue weighted by Crippen LogP contribution is 2.30. The first-order valence-electron chi connectivity index (χ1n) is 6.16. The molecule has 0 aliphatic carbocycles. The van der Waals surface area contributed by atoms with Gasteiger partial charge in [-0.3, -0.25) is 0 Å². The summed E-state index contributed by atoms with van der Waals surface area (Å²) in [6.07, 6.45) is 1.26. The number of para-hydroxylation sites is 1. The summed E-state index contributed by atoms with van der Waals surface area (Å²) in [5.74, 6) is 0.0454. The molecule has 3 aromatic rings. The molecule has 2 heterocycles. The maximum Gasteiger partial charge on any atom is 0.328 e. The van der Waals surface area contributed by atoms with Gasteiger partial charge in [0.25, 0.3) is 5.89 Å². The van der Waals surface area contributed by atoms with E-state index in [0.717, 1.165) is 10.9 Å². The van der Waals surface area contributed by atoms with Gasteiger partial charge in [0.2, 0.25) is 6.39 Å². The maximum absolute atomic E-state index is 11.9. The third-order valence-electron chi connectivity index (χ3n) is 3.26. The molecule has 0 bridgehead atoms. The number of esters is 1. The second-order valence-corrected chi connectivity index (χ2v) is 4.40. The Morgan fingerprint density at radius 3 is 2.90 bits per heavy atom. The van der Waals surface area contributed by atoms with Crippen molar-refractivity contribution >= 4 is 16.9 Å². The summed E-state index contributed by atoms with van der Waals surface area (Å²) < 4.78 is 11.9. The van der Waals surface area contributed by atoms with Gasteiger partial charge in [0, 0.05) is 10.9 Å². The van der Waals surface area contributed by atoms with E-state index in [2.05, 4.69) is 10.2 Å². The maximum atomic E-state index is 11.9. The largest absolute Gasteiger partial charge is 0.467 e. The van der Waals surface area contributed by atoms with Gasteiger partial charge in [-0.05, 0) is 19.1 Å². The van der Waals surface area contributed by atoms with Crippen molar-refractivity contribution < 1.29 is 13.9 Å². The number of carbonyl (C=O) groups excluding carboxylic acids is 1. The van der Waals surface area contributed by atoms with Crippen molar-refractivity contribution in [1.82, 2.24) is 14.8 Å². The van der Waals surface area contributed by atoms with Crippen molar-refractivity contribution in [3.63, 3.8) is 0 Å². The molecule has 0 aliphatic heterocycles. The molecule has 0 N–H and O–H groups in total. The Morgan fingerprint density at radius 1 is 1.40 bits per heavy atom. The van der Waals surface area contributed by atoms with Crippen LogP contribution < -0.4 is 0 Å². The Labute approximate surface area is 115 Å². The average molecular weight is 271 g/mol. The SMILES string of the molecule is COC(=O)C(C)n1c(-c2nnco2)cc2ccccc21. The van der Waals surface area contributed by atoms with Crippen LogP contribution >= 0.6 is 0 Å². The lowest BCUT2D eigenvalue weighted by molar-refractivity contribution is -0.143. The number of nitrogens with zero attached hydrogens (tertiary/aromatic N) is 3. The molecule has 0 amide bonds. The van der Waals surface area contributed by atoms with E-state index in [-0.39, 0.29) is 5.97 Å². The van der Waals surface area contributed by atoms with Gasteiger partial charge in [0.05, 0.1) is 7.11 Å². The van der Waals surface area contributed by atoms with Crippen LogP contribution in [0.4, 0.5) is 0 Å². The molecule has 6 nitrogen and oxygen atoms in total. The van der Waals surface area contributed by atoms with E-state index in [4.69, 9.17) is 9.15 Å². The Kier molecular flexibility index (Phi) is 2.98. The van der Waals surface area contributed by atoms with Crippen LogP contribution in [0, 0.1) is 0 Å². The predicted octanol–water partition coefficient (Wildman–Crippen LogP) is 2.43. The molecular formula is C14H13N3O3. The van der Waals surface area contributed by atoms with E-state index >= 15 is 0 Å². The third kappa shape index (κ3) is 1.85. The fraction of sp³-hybridized carbons (Fsp3) is 0.214. The number of aromatic nitrogens is 3. The Balaban J connectivity index is 2.26. The van der Waals surface area contributed by atoms with Crippen LogP contribution in [0.3, 0.4) is 0 Å². The van der Waals surface area contributed by atoms with Crippen molar-refractivity contribution in [2.45, 2.75) is 13.0 Å². The Morgan fingerprint density at radius 2 is 2.20 bits per heavy atom. The molecule has 1 atom stereocenters. The molecule has 6 heteroatoms. The van der Waals surface area contributed by atoms with Crippen LogP contribution in [0.2, 0.25) is 0 Å². The highest BCUT2D eigenvalue weighted by Gasteiger charge is 2.23. The summed E-state index contributed by atoms with van der Waals surface area (Å²) in [5.41, 5.74) is 1.61. The lowest BCUT2D eigenvalue weighted by Gasteiger charge is -2.15. The number of benzene rings is 1. The molecule has 0 saturated heterocycles. The molecule has 2 aromatic heterocycles. The molecule has 1 unspecified atom stereocenters. The van der Waals surface area contributed by atoms with Gasteiger partial charge in [-0.15, -0.1) is 10.2 Å². The molecule has 3 rings (SSSR count). The number of rotatable bonds is 3. The van der Waals surface area contributed by atoms with Gasteiger partial charge in [-0.25, -0.2) is 4.79 Å². The van der Waals surface area contributed by atoms with Crippen LogP contribution in [-0.2, 0) is 9.53 Å². The minimum Gasteiger partial charge on any atom is -0.467 e. The molecule has 0 spiro atoms. The fourth-order valence-electron chi connectivity index (χ4n) is 2.32. The quantitative estimate of drug-likeness (QED) is 0.684. The van der Waals surface area contributed by atoms with Crippen molar-refractivity contribution in [1.29, 1.82) is 0 Å². The van der Waals surface area contributed by atoms with Crippen molar-refractivity contribution in [2.75, 3.05) is 7.11 Å². The fourth-order valence-corrected chi connectivity index (χ4v) is 2.32. The zero-order valence-electron chi connectivity index (χ0n) is 11.1. The van der Waals surface area contributed by atoms with Crippen LogP contribution in [0.15, 0.2) is 41.1 Å². The van der Waals surface area contributed by atoms with Crippen molar-refractivity contribution in [2.24, 2.45) is 0 Å². The van der Waals surface area contributed by atoms with Crippen LogP contribution in [0.1, 0.15) is 13.0 Å². The second-order valence-electron chi connectivity index (χ2n) is 4.40. The summed E-state index contributed by atoms with van der Waals surface area (Å²) in [5, 5.41) is 8.61. The lowest BCUT2D eigenvalue weighted by Crippen LogP contribution is -2.18. The summed E-state index contributed by atoms with van der Waals surface area (Å²) in [6.45, 7) is 1.78. The zero-order chi connectivity index (χ0) is 14.1.